The molecule has 4 heteroatoms. The first-order chi connectivity index (χ1) is 10.2. The summed E-state index contributed by atoms with van der Waals surface area (Å²) in [6.45, 7) is 2.14. The van der Waals surface area contributed by atoms with Crippen LogP contribution in [0.4, 0.5) is 0 Å². The van der Waals surface area contributed by atoms with Crippen LogP contribution in [0.5, 0.6) is 5.75 Å². The van der Waals surface area contributed by atoms with Crippen molar-refractivity contribution in [1.29, 1.82) is 0 Å². The molecule has 3 rings (SSSR count). The van der Waals surface area contributed by atoms with Gasteiger partial charge in [0.15, 0.2) is 11.3 Å². The highest BCUT2D eigenvalue weighted by Crippen LogP contribution is 2.32. The molecule has 1 N–H and O–H groups in total. The van der Waals surface area contributed by atoms with E-state index in [1.165, 1.54) is 0 Å². The summed E-state index contributed by atoms with van der Waals surface area (Å²) < 4.78 is 16.8. The molecule has 3 unspecified atom stereocenters. The molecule has 3 atom stereocenters. The van der Waals surface area contributed by atoms with Gasteiger partial charge in [0, 0.05) is 18.5 Å². The molecule has 0 saturated heterocycles. The van der Waals surface area contributed by atoms with Crippen LogP contribution in [0.25, 0.3) is 11.0 Å². The summed E-state index contributed by atoms with van der Waals surface area (Å²) in [6, 6.07) is 8.74. The van der Waals surface area contributed by atoms with Crippen LogP contribution in [-0.4, -0.2) is 26.4 Å². The van der Waals surface area contributed by atoms with Crippen molar-refractivity contribution < 1.29 is 13.9 Å². The van der Waals surface area contributed by atoms with Gasteiger partial charge in [-0.2, -0.15) is 0 Å². The van der Waals surface area contributed by atoms with Crippen molar-refractivity contribution in [3.8, 4) is 5.75 Å². The fourth-order valence-electron chi connectivity index (χ4n) is 3.17. The number of furan rings is 1. The zero-order chi connectivity index (χ0) is 14.8. The van der Waals surface area contributed by atoms with Gasteiger partial charge in [-0.15, -0.1) is 0 Å². The Kier molecular flexibility index (Phi) is 4.17. The normalized spacial score (nSPS) is 23.6. The highest BCUT2D eigenvalue weighted by molar-refractivity contribution is 5.83. The molecule has 0 bridgehead atoms. The maximum atomic E-state index is 6.00. The Hall–Kier alpha value is -1.52. The number of para-hydroxylation sites is 1. The molecule has 21 heavy (non-hydrogen) atoms. The van der Waals surface area contributed by atoms with Crippen molar-refractivity contribution in [2.75, 3.05) is 14.2 Å². The summed E-state index contributed by atoms with van der Waals surface area (Å²) >= 11 is 0. The minimum absolute atomic E-state index is 0.183. The van der Waals surface area contributed by atoms with Crippen LogP contribution in [0.15, 0.2) is 28.7 Å². The van der Waals surface area contributed by atoms with Gasteiger partial charge in [0.1, 0.15) is 5.76 Å². The number of fused-ring (bicyclic) bond motifs is 1. The second-order valence-corrected chi connectivity index (χ2v) is 5.78. The number of benzene rings is 1. The quantitative estimate of drug-likeness (QED) is 0.912. The van der Waals surface area contributed by atoms with Crippen LogP contribution in [0.1, 0.15) is 38.0 Å². The van der Waals surface area contributed by atoms with E-state index in [1.54, 1.807) is 14.2 Å². The molecule has 114 valence electrons. The van der Waals surface area contributed by atoms with Crippen LogP contribution < -0.4 is 10.1 Å². The Balaban J connectivity index is 1.74. The van der Waals surface area contributed by atoms with E-state index in [9.17, 15) is 0 Å². The largest absolute Gasteiger partial charge is 0.493 e. The van der Waals surface area contributed by atoms with E-state index in [4.69, 9.17) is 13.9 Å². The van der Waals surface area contributed by atoms with Gasteiger partial charge in [-0.1, -0.05) is 12.1 Å². The maximum absolute atomic E-state index is 6.00. The highest BCUT2D eigenvalue weighted by atomic mass is 16.5. The fraction of sp³-hybridized carbons (Fsp3) is 0.529. The van der Waals surface area contributed by atoms with Gasteiger partial charge in [0.2, 0.25) is 0 Å². The predicted octanol–water partition coefficient (Wildman–Crippen LogP) is 3.66. The molecule has 1 saturated carbocycles. The molecule has 1 aliphatic rings. The van der Waals surface area contributed by atoms with E-state index in [0.717, 1.165) is 41.7 Å². The molecular formula is C17H23NO3. The standard InChI is InChI=1S/C17H23NO3/c1-11(18-13-7-8-14(10-13)19-2)16-9-12-5-4-6-15(20-3)17(12)21-16/h4-6,9,11,13-14,18H,7-8,10H2,1-3H3. The second-order valence-electron chi connectivity index (χ2n) is 5.78. The van der Waals surface area contributed by atoms with E-state index in [-0.39, 0.29) is 6.04 Å². The Morgan fingerprint density at radius 2 is 2.14 bits per heavy atom. The van der Waals surface area contributed by atoms with Gasteiger partial charge in [0.05, 0.1) is 19.3 Å². The zero-order valence-electron chi connectivity index (χ0n) is 12.9. The van der Waals surface area contributed by atoms with Crippen LogP contribution in [0, 0.1) is 0 Å². The van der Waals surface area contributed by atoms with Crippen molar-refractivity contribution in [1.82, 2.24) is 5.32 Å². The van der Waals surface area contributed by atoms with E-state index in [1.807, 2.05) is 18.2 Å². The third kappa shape index (κ3) is 2.92. The third-order valence-electron chi connectivity index (χ3n) is 4.38. The smallest absolute Gasteiger partial charge is 0.176 e. The molecule has 1 aromatic heterocycles. The lowest BCUT2D eigenvalue weighted by Crippen LogP contribution is -2.29. The topological polar surface area (TPSA) is 43.6 Å². The average molecular weight is 289 g/mol. The maximum Gasteiger partial charge on any atom is 0.176 e. The third-order valence-corrected chi connectivity index (χ3v) is 4.38. The molecule has 2 aromatic rings. The molecule has 1 heterocycles. The number of nitrogens with one attached hydrogen (secondary N) is 1. The predicted molar refractivity (Wildman–Crippen MR) is 82.8 cm³/mol. The summed E-state index contributed by atoms with van der Waals surface area (Å²) in [7, 11) is 3.46. The van der Waals surface area contributed by atoms with Crippen molar-refractivity contribution >= 4 is 11.0 Å². The van der Waals surface area contributed by atoms with Gasteiger partial charge in [0.25, 0.3) is 0 Å². The highest BCUT2D eigenvalue weighted by Gasteiger charge is 2.26. The Morgan fingerprint density at radius 3 is 2.86 bits per heavy atom. The SMILES string of the molecule is COc1cccc2cc(C(C)NC3CCC(OC)C3)oc12. The van der Waals surface area contributed by atoms with Gasteiger partial charge in [-0.05, 0) is 38.3 Å². The molecule has 0 radical (unpaired) electrons. The minimum atomic E-state index is 0.183. The number of methoxy groups -OCH3 is 2. The lowest BCUT2D eigenvalue weighted by Gasteiger charge is -2.17. The fourth-order valence-corrected chi connectivity index (χ4v) is 3.17. The summed E-state index contributed by atoms with van der Waals surface area (Å²) in [5.74, 6) is 1.74. The van der Waals surface area contributed by atoms with Gasteiger partial charge >= 0.3 is 0 Å². The van der Waals surface area contributed by atoms with Gasteiger partial charge in [-0.25, -0.2) is 0 Å². The average Bonchev–Trinajstić information content (AvgIpc) is 3.12. The van der Waals surface area contributed by atoms with Crippen LogP contribution >= 0.6 is 0 Å². The molecule has 0 amide bonds. The van der Waals surface area contributed by atoms with Gasteiger partial charge < -0.3 is 19.2 Å². The van der Waals surface area contributed by atoms with E-state index in [0.29, 0.717) is 12.1 Å². The Morgan fingerprint density at radius 1 is 1.29 bits per heavy atom. The Labute approximate surface area is 125 Å². The van der Waals surface area contributed by atoms with Crippen LogP contribution in [0.2, 0.25) is 0 Å². The van der Waals surface area contributed by atoms with E-state index in [2.05, 4.69) is 18.3 Å². The lowest BCUT2D eigenvalue weighted by atomic mass is 10.1. The first-order valence-electron chi connectivity index (χ1n) is 7.56. The summed E-state index contributed by atoms with van der Waals surface area (Å²) in [4.78, 5) is 0. The summed E-state index contributed by atoms with van der Waals surface area (Å²) in [5.41, 5.74) is 0.824. The number of ether oxygens (including phenoxy) is 2. The van der Waals surface area contributed by atoms with Crippen molar-refractivity contribution in [2.45, 2.75) is 44.4 Å². The number of hydrogen-bond acceptors (Lipinski definition) is 4. The minimum Gasteiger partial charge on any atom is -0.493 e. The molecule has 1 fully saturated rings. The first kappa shape index (κ1) is 14.4. The monoisotopic (exact) mass is 289 g/mol. The molecule has 0 spiro atoms. The van der Waals surface area contributed by atoms with Crippen LogP contribution in [0.3, 0.4) is 0 Å². The van der Waals surface area contributed by atoms with E-state index >= 15 is 0 Å². The summed E-state index contributed by atoms with van der Waals surface area (Å²) in [5, 5.41) is 4.73. The van der Waals surface area contributed by atoms with Crippen LogP contribution in [-0.2, 0) is 4.74 Å². The van der Waals surface area contributed by atoms with Gasteiger partial charge in [-0.3, -0.25) is 0 Å². The van der Waals surface area contributed by atoms with Crippen molar-refractivity contribution in [3.05, 3.63) is 30.0 Å². The first-order valence-corrected chi connectivity index (χ1v) is 7.56. The zero-order valence-corrected chi connectivity index (χ0v) is 12.9. The number of rotatable bonds is 5. The lowest BCUT2D eigenvalue weighted by molar-refractivity contribution is 0.106. The number of hydrogen-bond donors (Lipinski definition) is 1. The summed E-state index contributed by atoms with van der Waals surface area (Å²) in [6.07, 6.45) is 3.76. The van der Waals surface area contributed by atoms with Crippen molar-refractivity contribution in [2.24, 2.45) is 0 Å². The molecular weight excluding hydrogens is 266 g/mol. The molecule has 0 aliphatic heterocycles. The molecule has 4 nitrogen and oxygen atoms in total. The molecule has 1 aliphatic carbocycles. The second kappa shape index (κ2) is 6.08. The van der Waals surface area contributed by atoms with E-state index < -0.39 is 0 Å². The molecule has 1 aromatic carbocycles. The Bertz CT molecular complexity index is 607. The van der Waals surface area contributed by atoms with Crippen molar-refractivity contribution in [3.63, 3.8) is 0 Å².